The van der Waals surface area contributed by atoms with Gasteiger partial charge < -0.3 is 9.72 Å². The van der Waals surface area contributed by atoms with Crippen LogP contribution in [0.2, 0.25) is 10.0 Å². The van der Waals surface area contributed by atoms with Gasteiger partial charge in [-0.25, -0.2) is 14.9 Å². The van der Waals surface area contributed by atoms with Crippen molar-refractivity contribution in [3.05, 3.63) is 65.3 Å². The van der Waals surface area contributed by atoms with Crippen LogP contribution in [0.25, 0.3) is 11.3 Å². The van der Waals surface area contributed by atoms with Crippen molar-refractivity contribution in [2.24, 2.45) is 0 Å². The highest BCUT2D eigenvalue weighted by atomic mass is 35.5. The molecule has 2 aromatic heterocycles. The van der Waals surface area contributed by atoms with Crippen molar-refractivity contribution in [1.82, 2.24) is 25.1 Å². The first kappa shape index (κ1) is 17.5. The van der Waals surface area contributed by atoms with Gasteiger partial charge in [0.1, 0.15) is 5.69 Å². The summed E-state index contributed by atoms with van der Waals surface area (Å²) >= 11 is 12.5. The Labute approximate surface area is 160 Å². The van der Waals surface area contributed by atoms with Crippen LogP contribution in [0.4, 0.5) is 0 Å². The highest BCUT2D eigenvalue weighted by Gasteiger charge is 2.28. The second-order valence-corrected chi connectivity index (χ2v) is 6.77. The average Bonchev–Trinajstić information content (AvgIpc) is 3.44. The summed E-state index contributed by atoms with van der Waals surface area (Å²) in [7, 11) is 0. The number of rotatable bonds is 4. The summed E-state index contributed by atoms with van der Waals surface area (Å²) in [5.41, 5.74) is -1.00. The van der Waals surface area contributed by atoms with E-state index in [1.165, 1.54) is 18.3 Å². The van der Waals surface area contributed by atoms with E-state index in [4.69, 9.17) is 27.9 Å². The molecule has 0 saturated heterocycles. The number of nitrogens with zero attached hydrogens (tertiary/aromatic N) is 2. The van der Waals surface area contributed by atoms with E-state index in [-0.39, 0.29) is 38.8 Å². The van der Waals surface area contributed by atoms with Crippen molar-refractivity contribution >= 4 is 23.2 Å². The Morgan fingerprint density at radius 3 is 2.41 bits per heavy atom. The van der Waals surface area contributed by atoms with Gasteiger partial charge >= 0.3 is 5.69 Å². The Morgan fingerprint density at radius 1 is 1.07 bits per heavy atom. The maximum absolute atomic E-state index is 11.9. The van der Waals surface area contributed by atoms with Gasteiger partial charge in [0.15, 0.2) is 11.4 Å². The Hall–Kier alpha value is -2.91. The monoisotopic (exact) mass is 407 g/mol. The van der Waals surface area contributed by atoms with Crippen LogP contribution >= 0.6 is 23.2 Å². The third-order valence-electron chi connectivity index (χ3n) is 3.94. The first-order valence-electron chi connectivity index (χ1n) is 7.88. The third kappa shape index (κ3) is 3.51. The van der Waals surface area contributed by atoms with Crippen molar-refractivity contribution in [3.63, 3.8) is 0 Å². The number of ether oxygens (including phenoxy) is 1. The number of H-pyrrole nitrogens is 3. The Balaban J connectivity index is 1.70. The van der Waals surface area contributed by atoms with Crippen LogP contribution in [0.3, 0.4) is 0 Å². The summed E-state index contributed by atoms with van der Waals surface area (Å²) in [5, 5.41) is 6.04. The van der Waals surface area contributed by atoms with Crippen molar-refractivity contribution in [3.8, 4) is 22.9 Å². The van der Waals surface area contributed by atoms with Crippen LogP contribution in [0.1, 0.15) is 24.5 Å². The fraction of sp³-hybridized carbons (Fsp3) is 0.188. The van der Waals surface area contributed by atoms with Crippen LogP contribution in [0.5, 0.6) is 11.6 Å². The molecule has 0 unspecified atom stereocenters. The van der Waals surface area contributed by atoms with Crippen molar-refractivity contribution in [2.75, 3.05) is 0 Å². The maximum atomic E-state index is 11.9. The van der Waals surface area contributed by atoms with Crippen LogP contribution in [0.15, 0.2) is 32.7 Å². The first-order chi connectivity index (χ1) is 12.9. The fourth-order valence-electron chi connectivity index (χ4n) is 2.53. The largest absolute Gasteiger partial charge is 0.434 e. The SMILES string of the molecule is O=c1[nH]nc(-c2cc(Cl)c(Oc3c[nH]c(=O)c(C4CC4)n3)c(Cl)c2)c(=O)[nH]1. The van der Waals surface area contributed by atoms with E-state index in [9.17, 15) is 14.4 Å². The van der Waals surface area contributed by atoms with Gasteiger partial charge in [-0.05, 0) is 25.0 Å². The molecular formula is C16H11Cl2N5O4. The second-order valence-electron chi connectivity index (χ2n) is 5.95. The molecule has 1 fully saturated rings. The molecule has 27 heavy (non-hydrogen) atoms. The fourth-order valence-corrected chi connectivity index (χ4v) is 3.09. The molecule has 11 heteroatoms. The van der Waals surface area contributed by atoms with Gasteiger partial charge in [0.05, 0.1) is 16.2 Å². The maximum Gasteiger partial charge on any atom is 0.342 e. The van der Waals surface area contributed by atoms with Crippen LogP contribution in [0, 0.1) is 0 Å². The van der Waals surface area contributed by atoms with Crippen molar-refractivity contribution < 1.29 is 4.74 Å². The highest BCUT2D eigenvalue weighted by Crippen LogP contribution is 2.40. The lowest BCUT2D eigenvalue weighted by Gasteiger charge is -2.11. The minimum Gasteiger partial charge on any atom is -0.434 e. The van der Waals surface area contributed by atoms with Crippen molar-refractivity contribution in [2.45, 2.75) is 18.8 Å². The number of halogens is 2. The van der Waals surface area contributed by atoms with Gasteiger partial charge in [-0.3, -0.25) is 14.6 Å². The molecule has 1 saturated carbocycles. The van der Waals surface area contributed by atoms with Gasteiger partial charge in [-0.1, -0.05) is 23.2 Å². The topological polar surface area (TPSA) is 134 Å². The standard InChI is InChI=1S/C16H11Cl2N5O4/c17-8-3-7(12-15(25)21-16(26)23-22-12)4-9(18)13(8)27-10-5-19-14(24)11(20-10)6-1-2-6/h3-6H,1-2H2,(H,19,24)(H2,21,23,25,26). The van der Waals surface area contributed by atoms with E-state index in [0.717, 1.165) is 12.8 Å². The zero-order chi connectivity index (χ0) is 19.1. The molecule has 2 heterocycles. The molecule has 0 bridgehead atoms. The lowest BCUT2D eigenvalue weighted by Crippen LogP contribution is -2.25. The van der Waals surface area contributed by atoms with Crippen LogP contribution < -0.4 is 21.5 Å². The lowest BCUT2D eigenvalue weighted by molar-refractivity contribution is 0.457. The lowest BCUT2D eigenvalue weighted by atomic mass is 10.1. The summed E-state index contributed by atoms with van der Waals surface area (Å²) in [4.78, 5) is 43.7. The number of hydrogen-bond acceptors (Lipinski definition) is 6. The molecule has 0 aliphatic heterocycles. The summed E-state index contributed by atoms with van der Waals surface area (Å²) in [6.07, 6.45) is 3.15. The minimum absolute atomic E-state index is 0.0527. The third-order valence-corrected chi connectivity index (χ3v) is 4.51. The number of hydrogen-bond donors (Lipinski definition) is 3. The molecule has 0 amide bonds. The molecule has 4 rings (SSSR count). The molecule has 1 aliphatic carbocycles. The van der Waals surface area contributed by atoms with E-state index < -0.39 is 11.2 Å². The average molecular weight is 408 g/mol. The van der Waals surface area contributed by atoms with Crippen molar-refractivity contribution in [1.29, 1.82) is 0 Å². The minimum atomic E-state index is -0.725. The summed E-state index contributed by atoms with van der Waals surface area (Å²) < 4.78 is 5.64. The number of nitrogens with one attached hydrogen (secondary N) is 3. The molecule has 138 valence electrons. The molecule has 1 aromatic carbocycles. The molecular weight excluding hydrogens is 397 g/mol. The molecule has 0 atom stereocenters. The van der Waals surface area contributed by atoms with Gasteiger partial charge in [0.2, 0.25) is 5.88 Å². The Kier molecular flexibility index (Phi) is 4.33. The van der Waals surface area contributed by atoms with Crippen LogP contribution in [-0.2, 0) is 0 Å². The first-order valence-corrected chi connectivity index (χ1v) is 8.64. The summed E-state index contributed by atoms with van der Waals surface area (Å²) in [5.74, 6) is 0.404. The van der Waals surface area contributed by atoms with E-state index in [1.54, 1.807) is 0 Å². The van der Waals surface area contributed by atoms with Crippen LogP contribution in [-0.4, -0.2) is 25.1 Å². The van der Waals surface area contributed by atoms with Gasteiger partial charge in [0, 0.05) is 11.5 Å². The van der Waals surface area contributed by atoms with E-state index in [2.05, 4.69) is 25.1 Å². The predicted molar refractivity (Wildman–Crippen MR) is 97.8 cm³/mol. The number of aromatic nitrogens is 5. The predicted octanol–water partition coefficient (Wildman–Crippen LogP) is 2.18. The molecule has 1 aliphatic rings. The quantitative estimate of drug-likeness (QED) is 0.606. The number of aromatic amines is 3. The number of benzene rings is 1. The Morgan fingerprint density at radius 2 is 1.78 bits per heavy atom. The molecule has 3 N–H and O–H groups in total. The zero-order valence-corrected chi connectivity index (χ0v) is 15.0. The molecule has 3 aromatic rings. The normalized spacial score (nSPS) is 13.6. The van der Waals surface area contributed by atoms with Gasteiger partial charge in [-0.2, -0.15) is 5.10 Å². The summed E-state index contributed by atoms with van der Waals surface area (Å²) in [6, 6.07) is 2.85. The smallest absolute Gasteiger partial charge is 0.342 e. The molecule has 9 nitrogen and oxygen atoms in total. The van der Waals surface area contributed by atoms with E-state index in [0.29, 0.717) is 11.3 Å². The molecule has 0 radical (unpaired) electrons. The van der Waals surface area contributed by atoms with E-state index >= 15 is 0 Å². The highest BCUT2D eigenvalue weighted by molar-refractivity contribution is 6.37. The zero-order valence-electron chi connectivity index (χ0n) is 13.5. The van der Waals surface area contributed by atoms with Gasteiger partial charge in [-0.15, -0.1) is 0 Å². The van der Waals surface area contributed by atoms with E-state index in [1.807, 2.05) is 0 Å². The summed E-state index contributed by atoms with van der Waals surface area (Å²) in [6.45, 7) is 0. The second kappa shape index (κ2) is 6.67. The van der Waals surface area contributed by atoms with Gasteiger partial charge in [0.25, 0.3) is 11.1 Å². The molecule has 0 spiro atoms. The Bertz CT molecular complexity index is 1190.